The third-order valence-electron chi connectivity index (χ3n) is 2.11. The van der Waals surface area contributed by atoms with E-state index in [4.69, 9.17) is 9.84 Å². The van der Waals surface area contributed by atoms with Crippen molar-refractivity contribution in [3.05, 3.63) is 23.7 Å². The van der Waals surface area contributed by atoms with Gasteiger partial charge in [0, 0.05) is 0 Å². The molecule has 12 heavy (non-hydrogen) atoms. The summed E-state index contributed by atoms with van der Waals surface area (Å²) in [7, 11) is 0. The van der Waals surface area contributed by atoms with Gasteiger partial charge in [-0.1, -0.05) is 11.6 Å². The van der Waals surface area contributed by atoms with Crippen LogP contribution in [0.2, 0.25) is 0 Å². The molecule has 2 heteroatoms. The summed E-state index contributed by atoms with van der Waals surface area (Å²) in [6.45, 7) is 6.16. The van der Waals surface area contributed by atoms with Crippen molar-refractivity contribution in [1.29, 1.82) is 0 Å². The maximum Gasteiger partial charge on any atom is 0.175 e. The summed E-state index contributed by atoms with van der Waals surface area (Å²) in [6, 6.07) is 0. The molecule has 1 aliphatic rings. The molecule has 0 aromatic carbocycles. The number of hydrogen-bond acceptors (Lipinski definition) is 2. The Hall–Kier alpha value is -0.920. The molecule has 0 spiro atoms. The van der Waals surface area contributed by atoms with Gasteiger partial charge in [-0.15, -0.1) is 0 Å². The highest BCUT2D eigenvalue weighted by Crippen LogP contribution is 2.43. The molecule has 0 bridgehead atoms. The van der Waals surface area contributed by atoms with E-state index in [2.05, 4.69) is 19.9 Å². The maximum absolute atomic E-state index is 8.65. The monoisotopic (exact) mass is 168 g/mol. The highest BCUT2D eigenvalue weighted by Gasteiger charge is 2.47. The van der Waals surface area contributed by atoms with Crippen molar-refractivity contribution in [1.82, 2.24) is 0 Å². The Morgan fingerprint density at radius 3 is 2.67 bits per heavy atom. The third kappa shape index (κ3) is 2.03. The van der Waals surface area contributed by atoms with Crippen molar-refractivity contribution in [3.8, 4) is 0 Å². The number of rotatable bonds is 3. The standard InChI is InChI=1S/C10H16O2/c1-8(2)5-4-6-10(3)9(7-11)12-10/h5,7,11H,4,6H2,1-3H3/b9-7-. The Kier molecular flexibility index (Phi) is 2.46. The van der Waals surface area contributed by atoms with Crippen LogP contribution in [0.3, 0.4) is 0 Å². The number of epoxide rings is 1. The first-order valence-corrected chi connectivity index (χ1v) is 4.26. The lowest BCUT2D eigenvalue weighted by Gasteiger charge is -1.98. The van der Waals surface area contributed by atoms with E-state index in [1.807, 2.05) is 6.92 Å². The molecule has 0 radical (unpaired) electrons. The molecule has 0 aliphatic carbocycles. The summed E-state index contributed by atoms with van der Waals surface area (Å²) < 4.78 is 5.22. The summed E-state index contributed by atoms with van der Waals surface area (Å²) >= 11 is 0. The first kappa shape index (κ1) is 9.17. The average Bonchev–Trinajstić information content (AvgIpc) is 2.61. The highest BCUT2D eigenvalue weighted by atomic mass is 16.6. The molecule has 1 fully saturated rings. The molecule has 1 N–H and O–H groups in total. The molecule has 1 rings (SSSR count). The molecular weight excluding hydrogens is 152 g/mol. The van der Waals surface area contributed by atoms with E-state index in [0.717, 1.165) is 19.1 Å². The van der Waals surface area contributed by atoms with Gasteiger partial charge >= 0.3 is 0 Å². The van der Waals surface area contributed by atoms with Gasteiger partial charge in [-0.25, -0.2) is 0 Å². The van der Waals surface area contributed by atoms with Crippen LogP contribution in [0.5, 0.6) is 0 Å². The smallest absolute Gasteiger partial charge is 0.175 e. The van der Waals surface area contributed by atoms with E-state index >= 15 is 0 Å². The summed E-state index contributed by atoms with van der Waals surface area (Å²) in [5.74, 6) is 0.713. The summed E-state index contributed by atoms with van der Waals surface area (Å²) in [4.78, 5) is 0. The molecule has 1 heterocycles. The molecule has 0 aromatic rings. The average molecular weight is 168 g/mol. The van der Waals surface area contributed by atoms with Crippen LogP contribution in [0.1, 0.15) is 33.6 Å². The van der Waals surface area contributed by atoms with Crippen molar-refractivity contribution < 1.29 is 9.84 Å². The normalized spacial score (nSPS) is 29.8. The fourth-order valence-corrected chi connectivity index (χ4v) is 1.19. The Balaban J connectivity index is 2.31. The van der Waals surface area contributed by atoms with E-state index in [1.54, 1.807) is 0 Å². The van der Waals surface area contributed by atoms with Crippen LogP contribution in [0.4, 0.5) is 0 Å². The van der Waals surface area contributed by atoms with Crippen LogP contribution in [0, 0.1) is 0 Å². The molecule has 0 saturated carbocycles. The van der Waals surface area contributed by atoms with E-state index in [9.17, 15) is 0 Å². The maximum atomic E-state index is 8.65. The number of hydrogen-bond donors (Lipinski definition) is 1. The van der Waals surface area contributed by atoms with Crippen LogP contribution in [-0.4, -0.2) is 10.7 Å². The second kappa shape index (κ2) is 3.21. The predicted octanol–water partition coefficient (Wildman–Crippen LogP) is 2.92. The molecule has 1 aliphatic heterocycles. The lowest BCUT2D eigenvalue weighted by molar-refractivity contribution is 0.314. The van der Waals surface area contributed by atoms with Gasteiger partial charge in [-0.05, 0) is 33.6 Å². The van der Waals surface area contributed by atoms with Crippen LogP contribution in [0.25, 0.3) is 0 Å². The Morgan fingerprint density at radius 1 is 1.58 bits per heavy atom. The van der Waals surface area contributed by atoms with Gasteiger partial charge in [-0.3, -0.25) is 0 Å². The Labute approximate surface area is 73.5 Å². The van der Waals surface area contributed by atoms with Crippen LogP contribution in [-0.2, 0) is 4.74 Å². The first-order valence-electron chi connectivity index (χ1n) is 4.26. The minimum Gasteiger partial charge on any atom is -0.512 e. The van der Waals surface area contributed by atoms with Crippen molar-refractivity contribution in [2.45, 2.75) is 39.2 Å². The third-order valence-corrected chi connectivity index (χ3v) is 2.11. The van der Waals surface area contributed by atoms with Gasteiger partial charge in [-0.2, -0.15) is 0 Å². The molecule has 0 aromatic heterocycles. The first-order chi connectivity index (χ1) is 5.58. The quantitative estimate of drug-likeness (QED) is 0.399. The molecular formula is C10H16O2. The largest absolute Gasteiger partial charge is 0.512 e. The molecule has 1 unspecified atom stereocenters. The predicted molar refractivity (Wildman–Crippen MR) is 48.9 cm³/mol. The zero-order chi connectivity index (χ0) is 9.19. The zero-order valence-corrected chi connectivity index (χ0v) is 7.92. The van der Waals surface area contributed by atoms with Crippen LogP contribution >= 0.6 is 0 Å². The topological polar surface area (TPSA) is 32.8 Å². The van der Waals surface area contributed by atoms with Gasteiger partial charge in [0.15, 0.2) is 11.4 Å². The minimum atomic E-state index is -0.180. The fraction of sp³-hybridized carbons (Fsp3) is 0.600. The number of ether oxygens (including phenoxy) is 1. The second-order valence-corrected chi connectivity index (χ2v) is 3.65. The van der Waals surface area contributed by atoms with Gasteiger partial charge < -0.3 is 9.84 Å². The lowest BCUT2D eigenvalue weighted by Crippen LogP contribution is -2.01. The minimum absolute atomic E-state index is 0.180. The summed E-state index contributed by atoms with van der Waals surface area (Å²) in [5, 5.41) is 8.65. The lowest BCUT2D eigenvalue weighted by atomic mass is 10.0. The highest BCUT2D eigenvalue weighted by molar-refractivity contribution is 5.21. The number of aliphatic hydroxyl groups excluding tert-OH is 1. The number of aliphatic hydroxyl groups is 1. The molecule has 2 nitrogen and oxygen atoms in total. The molecule has 68 valence electrons. The SMILES string of the molecule is CC(C)=CCCC1(C)O/C1=C\O. The summed E-state index contributed by atoms with van der Waals surface area (Å²) in [6.07, 6.45) is 5.20. The second-order valence-electron chi connectivity index (χ2n) is 3.65. The molecule has 1 atom stereocenters. The zero-order valence-electron chi connectivity index (χ0n) is 7.92. The van der Waals surface area contributed by atoms with E-state index in [1.165, 1.54) is 5.57 Å². The molecule has 1 saturated heterocycles. The van der Waals surface area contributed by atoms with Crippen molar-refractivity contribution >= 4 is 0 Å². The van der Waals surface area contributed by atoms with E-state index < -0.39 is 0 Å². The van der Waals surface area contributed by atoms with Gasteiger partial charge in [0.1, 0.15) is 6.26 Å². The Morgan fingerprint density at radius 2 is 2.25 bits per heavy atom. The Bertz CT molecular complexity index is 224. The summed E-state index contributed by atoms with van der Waals surface area (Å²) in [5.41, 5.74) is 1.15. The van der Waals surface area contributed by atoms with Crippen LogP contribution < -0.4 is 0 Å². The van der Waals surface area contributed by atoms with Crippen LogP contribution in [0.15, 0.2) is 23.7 Å². The van der Waals surface area contributed by atoms with Gasteiger partial charge in [0.05, 0.1) is 0 Å². The van der Waals surface area contributed by atoms with Gasteiger partial charge in [0.25, 0.3) is 0 Å². The molecule has 0 amide bonds. The van der Waals surface area contributed by atoms with Crippen molar-refractivity contribution in [2.75, 3.05) is 0 Å². The van der Waals surface area contributed by atoms with Crippen molar-refractivity contribution in [3.63, 3.8) is 0 Å². The van der Waals surface area contributed by atoms with E-state index in [-0.39, 0.29) is 5.60 Å². The van der Waals surface area contributed by atoms with Gasteiger partial charge in [0.2, 0.25) is 0 Å². The fourth-order valence-electron chi connectivity index (χ4n) is 1.19. The van der Waals surface area contributed by atoms with E-state index in [0.29, 0.717) is 5.76 Å². The van der Waals surface area contributed by atoms with Crippen molar-refractivity contribution in [2.24, 2.45) is 0 Å². The number of allylic oxidation sites excluding steroid dienone is 2.